The predicted octanol–water partition coefficient (Wildman–Crippen LogP) is 7.21. The Labute approximate surface area is 169 Å². The molecule has 0 N–H and O–H groups in total. The largest absolute Gasteiger partial charge is 0.497 e. The van der Waals surface area contributed by atoms with Crippen molar-refractivity contribution in [2.75, 3.05) is 7.11 Å². The Kier molecular flexibility index (Phi) is 7.19. The quantitative estimate of drug-likeness (QED) is 0.252. The number of methoxy groups -OCH3 is 1. The molecule has 0 aliphatic heterocycles. The zero-order chi connectivity index (χ0) is 18.9. The number of nitrogens with zero attached hydrogens (tertiary/aromatic N) is 1. The molecular formula is C23H21NOS2. The molecule has 27 heavy (non-hydrogen) atoms. The Hall–Kier alpha value is -2.43. The van der Waals surface area contributed by atoms with Crippen molar-refractivity contribution in [1.29, 1.82) is 0 Å². The first-order chi connectivity index (χ1) is 13.2. The summed E-state index contributed by atoms with van der Waals surface area (Å²) in [6.07, 6.45) is 0. The fraction of sp³-hybridized carbons (Fsp3) is 0.0870. The summed E-state index contributed by atoms with van der Waals surface area (Å²) in [6, 6.07) is 28.5. The van der Waals surface area contributed by atoms with E-state index in [9.17, 15) is 0 Å². The smallest absolute Gasteiger partial charge is 0.118 e. The summed E-state index contributed by atoms with van der Waals surface area (Å²) >= 11 is 3.37. The van der Waals surface area contributed by atoms with Crippen molar-refractivity contribution in [3.8, 4) is 5.75 Å². The van der Waals surface area contributed by atoms with Gasteiger partial charge in [0.1, 0.15) is 10.8 Å². The van der Waals surface area contributed by atoms with Gasteiger partial charge in [0.2, 0.25) is 0 Å². The van der Waals surface area contributed by atoms with Crippen LogP contribution in [0.25, 0.3) is 0 Å². The van der Waals surface area contributed by atoms with E-state index in [0.717, 1.165) is 26.9 Å². The molecule has 0 bridgehead atoms. The zero-order valence-corrected chi connectivity index (χ0v) is 17.0. The first-order valence-electron chi connectivity index (χ1n) is 8.59. The number of aliphatic imine (C=N–C) groups is 1. The van der Waals surface area contributed by atoms with Crippen molar-refractivity contribution in [3.63, 3.8) is 0 Å². The van der Waals surface area contributed by atoms with Crippen LogP contribution in [-0.2, 0) is 0 Å². The molecule has 0 spiro atoms. The molecule has 0 radical (unpaired) electrons. The lowest BCUT2D eigenvalue weighted by Crippen LogP contribution is -1.94. The number of rotatable bonds is 6. The van der Waals surface area contributed by atoms with Crippen molar-refractivity contribution in [2.24, 2.45) is 4.99 Å². The van der Waals surface area contributed by atoms with E-state index in [4.69, 9.17) is 9.73 Å². The topological polar surface area (TPSA) is 21.6 Å². The summed E-state index contributed by atoms with van der Waals surface area (Å²) in [5, 5.41) is 3.14. The highest BCUT2D eigenvalue weighted by atomic mass is 32.2. The molecule has 3 rings (SSSR count). The summed E-state index contributed by atoms with van der Waals surface area (Å²) in [7, 11) is 1.68. The maximum atomic E-state index is 5.25. The summed E-state index contributed by atoms with van der Waals surface area (Å²) in [4.78, 5) is 7.22. The second-order valence-electron chi connectivity index (χ2n) is 5.76. The zero-order valence-electron chi connectivity index (χ0n) is 15.3. The molecule has 0 saturated heterocycles. The molecule has 0 atom stereocenters. The molecular weight excluding hydrogens is 370 g/mol. The van der Waals surface area contributed by atoms with Gasteiger partial charge in [0.05, 0.1) is 12.8 Å². The van der Waals surface area contributed by atoms with E-state index in [0.29, 0.717) is 0 Å². The molecule has 136 valence electrons. The number of ether oxygens (including phenoxy) is 1. The Morgan fingerprint density at radius 1 is 0.815 bits per heavy atom. The van der Waals surface area contributed by atoms with Gasteiger partial charge in [-0.15, -0.1) is 0 Å². The van der Waals surface area contributed by atoms with Crippen LogP contribution in [0.5, 0.6) is 5.75 Å². The monoisotopic (exact) mass is 391 g/mol. The minimum Gasteiger partial charge on any atom is -0.497 e. The second-order valence-corrected chi connectivity index (χ2v) is 7.77. The molecule has 0 fully saturated rings. The highest BCUT2D eigenvalue weighted by Gasteiger charge is 2.07. The maximum absolute atomic E-state index is 5.25. The van der Waals surface area contributed by atoms with Crippen LogP contribution in [0, 0.1) is 0 Å². The molecule has 2 nitrogen and oxygen atoms in total. The van der Waals surface area contributed by atoms with Crippen molar-refractivity contribution in [3.05, 3.63) is 95.9 Å². The van der Waals surface area contributed by atoms with Crippen LogP contribution >= 0.6 is 23.5 Å². The third kappa shape index (κ3) is 6.05. The summed E-state index contributed by atoms with van der Waals surface area (Å²) in [6.45, 7) is 2.11. The Morgan fingerprint density at radius 2 is 1.44 bits per heavy atom. The van der Waals surface area contributed by atoms with Crippen molar-refractivity contribution in [2.45, 2.75) is 16.7 Å². The number of hydrogen-bond acceptors (Lipinski definition) is 4. The average molecular weight is 392 g/mol. The van der Waals surface area contributed by atoms with Crippen molar-refractivity contribution in [1.82, 2.24) is 0 Å². The highest BCUT2D eigenvalue weighted by Crippen LogP contribution is 2.30. The molecule has 0 aliphatic carbocycles. The second kappa shape index (κ2) is 10.0. The molecule has 3 aromatic rings. The lowest BCUT2D eigenvalue weighted by Gasteiger charge is -2.08. The Morgan fingerprint density at radius 3 is 2.07 bits per heavy atom. The van der Waals surface area contributed by atoms with Crippen LogP contribution in [0.4, 0.5) is 5.69 Å². The summed E-state index contributed by atoms with van der Waals surface area (Å²) in [5.41, 5.74) is 2.08. The van der Waals surface area contributed by atoms with Crippen LogP contribution in [-0.4, -0.2) is 12.2 Å². The predicted molar refractivity (Wildman–Crippen MR) is 118 cm³/mol. The number of para-hydroxylation sites is 1. The first-order valence-corrected chi connectivity index (χ1v) is 10.3. The van der Waals surface area contributed by atoms with Crippen LogP contribution in [0.15, 0.2) is 111 Å². The van der Waals surface area contributed by atoms with Gasteiger partial charge in [-0.25, -0.2) is 4.99 Å². The average Bonchev–Trinajstić information content (AvgIpc) is 2.73. The van der Waals surface area contributed by atoms with Gasteiger partial charge in [0.15, 0.2) is 0 Å². The minimum atomic E-state index is 0.854. The molecule has 0 aliphatic rings. The molecule has 0 aromatic heterocycles. The standard InChI is InChI=1S/C23H21NOS2/c1-18(17-26-21-11-7-4-8-12-21)23(24-19-9-5-3-6-10-19)27-22-15-13-20(25-2)14-16-22/h3-17H,1-2H3/b18-17+,24-23+. The Balaban J connectivity index is 1.85. The highest BCUT2D eigenvalue weighted by molar-refractivity contribution is 8.14. The van der Waals surface area contributed by atoms with Gasteiger partial charge in [-0.05, 0) is 66.4 Å². The van der Waals surface area contributed by atoms with E-state index in [1.807, 2.05) is 48.5 Å². The van der Waals surface area contributed by atoms with Crippen LogP contribution < -0.4 is 4.74 Å². The Bertz CT molecular complexity index is 904. The van der Waals surface area contributed by atoms with Gasteiger partial charge in [-0.3, -0.25) is 0 Å². The maximum Gasteiger partial charge on any atom is 0.118 e. The first kappa shape index (κ1) is 19.3. The van der Waals surface area contributed by atoms with Crippen LogP contribution in [0.1, 0.15) is 6.92 Å². The third-order valence-electron chi connectivity index (χ3n) is 3.71. The number of hydrogen-bond donors (Lipinski definition) is 0. The molecule has 0 unspecified atom stereocenters. The van der Waals surface area contributed by atoms with E-state index in [-0.39, 0.29) is 0 Å². The van der Waals surface area contributed by atoms with E-state index in [2.05, 4.69) is 48.7 Å². The number of benzene rings is 3. The van der Waals surface area contributed by atoms with Crippen molar-refractivity contribution >= 4 is 34.3 Å². The lowest BCUT2D eigenvalue weighted by molar-refractivity contribution is 0.414. The summed E-state index contributed by atoms with van der Waals surface area (Å²) < 4.78 is 5.25. The molecule has 0 amide bonds. The van der Waals surface area contributed by atoms with Gasteiger partial charge in [-0.2, -0.15) is 0 Å². The molecule has 3 aromatic carbocycles. The fourth-order valence-electron chi connectivity index (χ4n) is 2.27. The van der Waals surface area contributed by atoms with Gasteiger partial charge >= 0.3 is 0 Å². The van der Waals surface area contributed by atoms with Gasteiger partial charge in [0, 0.05) is 9.79 Å². The normalized spacial score (nSPS) is 12.1. The van der Waals surface area contributed by atoms with E-state index < -0.39 is 0 Å². The third-order valence-corrected chi connectivity index (χ3v) is 5.84. The van der Waals surface area contributed by atoms with Crippen LogP contribution in [0.3, 0.4) is 0 Å². The van der Waals surface area contributed by atoms with E-state index >= 15 is 0 Å². The number of thioether (sulfide) groups is 2. The van der Waals surface area contributed by atoms with E-state index in [1.54, 1.807) is 30.6 Å². The van der Waals surface area contributed by atoms with Crippen molar-refractivity contribution < 1.29 is 4.74 Å². The van der Waals surface area contributed by atoms with Crippen LogP contribution in [0.2, 0.25) is 0 Å². The van der Waals surface area contributed by atoms with E-state index in [1.165, 1.54) is 4.90 Å². The fourth-order valence-corrected chi connectivity index (χ4v) is 3.95. The summed E-state index contributed by atoms with van der Waals surface area (Å²) in [5.74, 6) is 0.854. The van der Waals surface area contributed by atoms with Gasteiger partial charge in [0.25, 0.3) is 0 Å². The van der Waals surface area contributed by atoms with Gasteiger partial charge in [-0.1, -0.05) is 59.9 Å². The molecule has 0 saturated carbocycles. The molecule has 0 heterocycles. The molecule has 4 heteroatoms. The SMILES string of the molecule is COc1ccc(SC(=N/c2ccccc2)/C(C)=C/Sc2ccccc2)cc1. The van der Waals surface area contributed by atoms with Gasteiger partial charge < -0.3 is 4.74 Å². The lowest BCUT2D eigenvalue weighted by atomic mass is 10.3. The minimum absolute atomic E-state index is 0.854.